The van der Waals surface area contributed by atoms with Gasteiger partial charge in [0.15, 0.2) is 0 Å². The Bertz CT molecular complexity index is 340. The van der Waals surface area contributed by atoms with Crippen LogP contribution < -0.4 is 5.32 Å². The molecular weight excluding hydrogens is 242 g/mol. The van der Waals surface area contributed by atoms with Crippen LogP contribution in [0.3, 0.4) is 0 Å². The van der Waals surface area contributed by atoms with Crippen molar-refractivity contribution in [2.24, 2.45) is 5.41 Å². The predicted molar refractivity (Wildman–Crippen MR) is 75.8 cm³/mol. The van der Waals surface area contributed by atoms with Crippen molar-refractivity contribution in [2.45, 2.75) is 39.7 Å². The highest BCUT2D eigenvalue weighted by Crippen LogP contribution is 2.18. The SMILES string of the molecule is CCCN1C(=O)CC(NCC(C)(C)CN(C)C)C1=O. The smallest absolute Gasteiger partial charge is 0.246 e. The van der Waals surface area contributed by atoms with Crippen molar-refractivity contribution in [2.75, 3.05) is 33.7 Å². The van der Waals surface area contributed by atoms with Gasteiger partial charge in [-0.2, -0.15) is 0 Å². The van der Waals surface area contributed by atoms with E-state index in [1.54, 1.807) is 0 Å². The molecule has 1 fully saturated rings. The van der Waals surface area contributed by atoms with Gasteiger partial charge in [0, 0.05) is 19.6 Å². The number of nitrogens with zero attached hydrogens (tertiary/aromatic N) is 2. The number of nitrogens with one attached hydrogen (secondary N) is 1. The lowest BCUT2D eigenvalue weighted by molar-refractivity contribution is -0.138. The van der Waals surface area contributed by atoms with E-state index >= 15 is 0 Å². The summed E-state index contributed by atoms with van der Waals surface area (Å²) in [6, 6.07) is -0.333. The van der Waals surface area contributed by atoms with Gasteiger partial charge < -0.3 is 10.2 Å². The van der Waals surface area contributed by atoms with Crippen LogP contribution in [0.1, 0.15) is 33.6 Å². The van der Waals surface area contributed by atoms with Crippen LogP contribution in [0.2, 0.25) is 0 Å². The number of carbonyl (C=O) groups is 2. The van der Waals surface area contributed by atoms with Crippen LogP contribution in [-0.2, 0) is 9.59 Å². The summed E-state index contributed by atoms with van der Waals surface area (Å²) < 4.78 is 0. The largest absolute Gasteiger partial charge is 0.309 e. The number of rotatable bonds is 7. The molecule has 1 unspecified atom stereocenters. The first-order valence-corrected chi connectivity index (χ1v) is 6.99. The third-order valence-electron chi connectivity index (χ3n) is 3.26. The van der Waals surface area contributed by atoms with Crippen LogP contribution in [0.5, 0.6) is 0 Å². The van der Waals surface area contributed by atoms with Crippen LogP contribution in [0.25, 0.3) is 0 Å². The Balaban J connectivity index is 2.51. The van der Waals surface area contributed by atoms with Crippen LogP contribution in [-0.4, -0.2) is 61.4 Å². The molecule has 5 nitrogen and oxygen atoms in total. The number of likely N-dealkylation sites (tertiary alicyclic amines) is 1. The molecule has 110 valence electrons. The molecule has 0 aliphatic carbocycles. The van der Waals surface area contributed by atoms with Crippen LogP contribution >= 0.6 is 0 Å². The van der Waals surface area contributed by atoms with Gasteiger partial charge in [-0.25, -0.2) is 0 Å². The summed E-state index contributed by atoms with van der Waals surface area (Å²) in [6.07, 6.45) is 1.12. The van der Waals surface area contributed by atoms with Crippen molar-refractivity contribution in [3.63, 3.8) is 0 Å². The average Bonchev–Trinajstić information content (AvgIpc) is 2.53. The minimum absolute atomic E-state index is 0.0465. The van der Waals surface area contributed by atoms with Gasteiger partial charge in [-0.1, -0.05) is 20.8 Å². The minimum atomic E-state index is -0.333. The summed E-state index contributed by atoms with van der Waals surface area (Å²) >= 11 is 0. The van der Waals surface area contributed by atoms with Crippen molar-refractivity contribution < 1.29 is 9.59 Å². The second-order valence-electron chi connectivity index (χ2n) is 6.42. The van der Waals surface area contributed by atoms with Crippen molar-refractivity contribution in [1.82, 2.24) is 15.1 Å². The van der Waals surface area contributed by atoms with Gasteiger partial charge in [0.05, 0.1) is 12.5 Å². The van der Waals surface area contributed by atoms with E-state index in [-0.39, 0.29) is 23.3 Å². The lowest BCUT2D eigenvalue weighted by atomic mass is 9.92. The van der Waals surface area contributed by atoms with E-state index < -0.39 is 0 Å². The van der Waals surface area contributed by atoms with E-state index in [9.17, 15) is 9.59 Å². The molecule has 0 spiro atoms. The molecule has 1 atom stereocenters. The summed E-state index contributed by atoms with van der Waals surface area (Å²) in [5, 5.41) is 3.26. The van der Waals surface area contributed by atoms with Gasteiger partial charge >= 0.3 is 0 Å². The predicted octanol–water partition coefficient (Wildman–Crippen LogP) is 0.701. The van der Waals surface area contributed by atoms with Crippen molar-refractivity contribution in [1.29, 1.82) is 0 Å². The highest BCUT2D eigenvalue weighted by Gasteiger charge is 2.38. The zero-order chi connectivity index (χ0) is 14.6. The summed E-state index contributed by atoms with van der Waals surface area (Å²) in [7, 11) is 4.07. The Kier molecular flexibility index (Phi) is 5.50. The molecule has 0 bridgehead atoms. The molecule has 19 heavy (non-hydrogen) atoms. The standard InChI is InChI=1S/C14H27N3O2/c1-6-7-17-12(18)8-11(13(17)19)15-9-14(2,3)10-16(4)5/h11,15H,6-10H2,1-5H3. The van der Waals surface area contributed by atoms with Crippen LogP contribution in [0.4, 0.5) is 0 Å². The highest BCUT2D eigenvalue weighted by molar-refractivity contribution is 6.05. The van der Waals surface area contributed by atoms with Gasteiger partial charge in [-0.15, -0.1) is 0 Å². The van der Waals surface area contributed by atoms with E-state index in [0.717, 1.165) is 19.5 Å². The molecule has 0 aromatic carbocycles. The summed E-state index contributed by atoms with van der Waals surface area (Å²) in [5.41, 5.74) is 0.0744. The first-order valence-electron chi connectivity index (χ1n) is 6.99. The molecule has 1 aliphatic rings. The average molecular weight is 269 g/mol. The number of hydrogen-bond acceptors (Lipinski definition) is 4. The maximum Gasteiger partial charge on any atom is 0.246 e. The van der Waals surface area contributed by atoms with E-state index in [2.05, 4.69) is 24.1 Å². The Hall–Kier alpha value is -0.940. The number of amides is 2. The van der Waals surface area contributed by atoms with E-state index in [1.807, 2.05) is 21.0 Å². The van der Waals surface area contributed by atoms with Gasteiger partial charge in [0.1, 0.15) is 0 Å². The van der Waals surface area contributed by atoms with Crippen molar-refractivity contribution in [3.8, 4) is 0 Å². The fourth-order valence-electron chi connectivity index (χ4n) is 2.61. The highest BCUT2D eigenvalue weighted by atomic mass is 16.2. The molecule has 0 aromatic rings. The lowest BCUT2D eigenvalue weighted by Crippen LogP contribution is -2.45. The normalized spacial score (nSPS) is 20.7. The lowest BCUT2D eigenvalue weighted by Gasteiger charge is -2.29. The molecule has 1 N–H and O–H groups in total. The molecule has 0 saturated carbocycles. The number of carbonyl (C=O) groups excluding carboxylic acids is 2. The van der Waals surface area contributed by atoms with Crippen molar-refractivity contribution in [3.05, 3.63) is 0 Å². The molecule has 1 rings (SSSR count). The Morgan fingerprint density at radius 3 is 2.53 bits per heavy atom. The number of hydrogen-bond donors (Lipinski definition) is 1. The third kappa shape index (κ3) is 4.58. The maximum atomic E-state index is 12.1. The summed E-state index contributed by atoms with van der Waals surface area (Å²) in [4.78, 5) is 27.3. The molecule has 2 amide bonds. The second kappa shape index (κ2) is 6.48. The van der Waals surface area contributed by atoms with Crippen LogP contribution in [0.15, 0.2) is 0 Å². The Morgan fingerprint density at radius 2 is 2.00 bits per heavy atom. The van der Waals surface area contributed by atoms with Crippen molar-refractivity contribution >= 4 is 11.8 Å². The number of imide groups is 1. The van der Waals surface area contributed by atoms with E-state index in [0.29, 0.717) is 13.0 Å². The first-order chi connectivity index (χ1) is 8.76. The topological polar surface area (TPSA) is 52.7 Å². The van der Waals surface area contributed by atoms with Gasteiger partial charge in [-0.3, -0.25) is 14.5 Å². The molecule has 0 aromatic heterocycles. The first kappa shape index (κ1) is 16.1. The minimum Gasteiger partial charge on any atom is -0.309 e. The summed E-state index contributed by atoms with van der Waals surface area (Å²) in [6.45, 7) is 8.50. The summed E-state index contributed by atoms with van der Waals surface area (Å²) in [5.74, 6) is -0.109. The quantitative estimate of drug-likeness (QED) is 0.691. The zero-order valence-corrected chi connectivity index (χ0v) is 12.8. The molecule has 1 aliphatic heterocycles. The second-order valence-corrected chi connectivity index (χ2v) is 6.42. The van der Waals surface area contributed by atoms with Gasteiger partial charge in [0.2, 0.25) is 11.8 Å². The third-order valence-corrected chi connectivity index (χ3v) is 3.26. The van der Waals surface area contributed by atoms with Crippen LogP contribution in [0, 0.1) is 5.41 Å². The van der Waals surface area contributed by atoms with Gasteiger partial charge in [-0.05, 0) is 25.9 Å². The molecule has 1 heterocycles. The maximum absolute atomic E-state index is 12.1. The Labute approximate surface area is 116 Å². The van der Waals surface area contributed by atoms with E-state index in [1.165, 1.54) is 4.90 Å². The molecular formula is C14H27N3O2. The Morgan fingerprint density at radius 1 is 1.37 bits per heavy atom. The molecule has 1 saturated heterocycles. The fraction of sp³-hybridized carbons (Fsp3) is 0.857. The van der Waals surface area contributed by atoms with Gasteiger partial charge in [0.25, 0.3) is 0 Å². The fourth-order valence-corrected chi connectivity index (χ4v) is 2.61. The van der Waals surface area contributed by atoms with E-state index in [4.69, 9.17) is 0 Å². The molecule has 5 heteroatoms. The zero-order valence-electron chi connectivity index (χ0n) is 12.8. The monoisotopic (exact) mass is 269 g/mol. The molecule has 0 radical (unpaired) electrons.